The van der Waals surface area contributed by atoms with Gasteiger partial charge >= 0.3 is 0 Å². The molecule has 29 heavy (non-hydrogen) atoms. The molecule has 1 amide bonds. The van der Waals surface area contributed by atoms with Crippen molar-refractivity contribution in [3.63, 3.8) is 0 Å². The smallest absolute Gasteiger partial charge is 0.269 e. The molecule has 0 unspecified atom stereocenters. The molecule has 2 N–H and O–H groups in total. The third-order valence-corrected chi connectivity index (χ3v) is 4.84. The second-order valence-corrected chi connectivity index (χ2v) is 6.87. The van der Waals surface area contributed by atoms with E-state index in [4.69, 9.17) is 10.5 Å². The minimum Gasteiger partial charge on any atom is -0.378 e. The molecule has 9 nitrogen and oxygen atoms in total. The summed E-state index contributed by atoms with van der Waals surface area (Å²) >= 11 is 0. The number of hydrogen-bond acceptors (Lipinski definition) is 6. The molecule has 1 saturated heterocycles. The van der Waals surface area contributed by atoms with Crippen LogP contribution in [0.25, 0.3) is 11.3 Å². The van der Waals surface area contributed by atoms with Crippen LogP contribution in [-0.4, -0.2) is 57.9 Å². The molecule has 158 valence electrons. The molecule has 0 aliphatic carbocycles. The van der Waals surface area contributed by atoms with Crippen molar-refractivity contribution in [3.05, 3.63) is 46.1 Å². The number of halogens is 1. The van der Waals surface area contributed by atoms with E-state index in [1.165, 1.54) is 12.1 Å². The lowest BCUT2D eigenvalue weighted by molar-refractivity contribution is -0.384. The van der Waals surface area contributed by atoms with E-state index < -0.39 is 4.92 Å². The van der Waals surface area contributed by atoms with E-state index in [0.29, 0.717) is 43.1 Å². The van der Waals surface area contributed by atoms with Gasteiger partial charge in [0.1, 0.15) is 5.69 Å². The van der Waals surface area contributed by atoms with Crippen LogP contribution < -0.4 is 5.73 Å². The number of aromatic nitrogens is 2. The van der Waals surface area contributed by atoms with E-state index in [1.807, 2.05) is 4.90 Å². The lowest BCUT2D eigenvalue weighted by Crippen LogP contribution is -2.41. The zero-order valence-electron chi connectivity index (χ0n) is 16.3. The van der Waals surface area contributed by atoms with Gasteiger partial charge in [0.05, 0.1) is 16.6 Å². The molecular weight excluding hydrogens is 398 g/mol. The lowest BCUT2D eigenvalue weighted by Gasteiger charge is -2.32. The van der Waals surface area contributed by atoms with Gasteiger partial charge in [0.25, 0.3) is 11.6 Å². The number of nitrogens with zero attached hydrogens (tertiary/aromatic N) is 4. The molecule has 0 atom stereocenters. The Bertz CT molecular complexity index is 832. The monoisotopic (exact) mass is 423 g/mol. The van der Waals surface area contributed by atoms with Crippen LogP contribution in [0.15, 0.2) is 30.5 Å². The molecule has 0 spiro atoms. The Hall–Kier alpha value is -2.49. The largest absolute Gasteiger partial charge is 0.378 e. The number of nitro benzene ring substituents is 1. The molecular formula is C19H26ClN5O4. The number of non-ortho nitro benzene ring substituents is 1. The third kappa shape index (κ3) is 5.53. The fraction of sp³-hybridized carbons (Fsp3) is 0.474. The predicted molar refractivity (Wildman–Crippen MR) is 111 cm³/mol. The first-order valence-electron chi connectivity index (χ1n) is 9.39. The zero-order valence-corrected chi connectivity index (χ0v) is 17.1. The van der Waals surface area contributed by atoms with Crippen LogP contribution in [-0.2, 0) is 11.8 Å². The lowest BCUT2D eigenvalue weighted by atomic mass is 10.0. The SMILES string of the molecule is Cl.Cn1cc(C(=O)N2CCC(OCCCN)CC2)c(-c2ccc([N+](=O)[O-])cc2)n1. The molecule has 2 heterocycles. The summed E-state index contributed by atoms with van der Waals surface area (Å²) in [7, 11) is 1.75. The summed E-state index contributed by atoms with van der Waals surface area (Å²) in [5, 5.41) is 15.3. The Morgan fingerprint density at radius 2 is 1.97 bits per heavy atom. The fourth-order valence-electron chi connectivity index (χ4n) is 3.33. The Labute approximate surface area is 175 Å². The van der Waals surface area contributed by atoms with Gasteiger partial charge in [-0.2, -0.15) is 5.10 Å². The van der Waals surface area contributed by atoms with Gasteiger partial charge < -0.3 is 15.4 Å². The summed E-state index contributed by atoms with van der Waals surface area (Å²) in [6, 6.07) is 6.08. The number of carbonyl (C=O) groups excluding carboxylic acids is 1. The van der Waals surface area contributed by atoms with Gasteiger partial charge in [0.15, 0.2) is 0 Å². The number of hydrogen-bond donors (Lipinski definition) is 1. The molecule has 1 fully saturated rings. The van der Waals surface area contributed by atoms with Crippen LogP contribution in [0.1, 0.15) is 29.6 Å². The van der Waals surface area contributed by atoms with Crippen LogP contribution in [0.3, 0.4) is 0 Å². The molecule has 10 heteroatoms. The van der Waals surface area contributed by atoms with Crippen LogP contribution in [0.4, 0.5) is 5.69 Å². The van der Waals surface area contributed by atoms with E-state index in [2.05, 4.69) is 5.10 Å². The average molecular weight is 424 g/mol. The third-order valence-electron chi connectivity index (χ3n) is 4.84. The minimum absolute atomic E-state index is 0. The first-order valence-corrected chi connectivity index (χ1v) is 9.39. The maximum Gasteiger partial charge on any atom is 0.269 e. The highest BCUT2D eigenvalue weighted by molar-refractivity contribution is 5.99. The summed E-state index contributed by atoms with van der Waals surface area (Å²) in [5.74, 6) is -0.0816. The van der Waals surface area contributed by atoms with Crippen LogP contribution in [0.5, 0.6) is 0 Å². The van der Waals surface area contributed by atoms with Gasteiger partial charge in [-0.1, -0.05) is 0 Å². The highest BCUT2D eigenvalue weighted by atomic mass is 35.5. The van der Waals surface area contributed by atoms with Crippen LogP contribution >= 0.6 is 12.4 Å². The number of carbonyl (C=O) groups is 1. The van der Waals surface area contributed by atoms with Crippen molar-refractivity contribution in [2.45, 2.75) is 25.4 Å². The van der Waals surface area contributed by atoms with Gasteiger partial charge in [0.2, 0.25) is 0 Å². The Kier molecular flexibility index (Phi) is 8.12. The number of amides is 1. The van der Waals surface area contributed by atoms with Crippen molar-refractivity contribution in [2.24, 2.45) is 12.8 Å². The number of rotatable bonds is 7. The number of ether oxygens (including phenoxy) is 1. The standard InChI is InChI=1S/C19H25N5O4.ClH/c1-22-13-17(18(21-22)14-3-5-15(6-4-14)24(26)27)19(25)23-10-7-16(8-11-23)28-12-2-9-20;/h3-6,13,16H,2,7-12,20H2,1H3;1H. The number of piperidine rings is 1. The van der Waals surface area contributed by atoms with Crippen molar-refractivity contribution in [3.8, 4) is 11.3 Å². The van der Waals surface area contributed by atoms with Crippen LogP contribution in [0, 0.1) is 10.1 Å². The normalized spacial score (nSPS) is 14.5. The number of nitrogens with two attached hydrogens (primary N) is 1. The summed E-state index contributed by atoms with van der Waals surface area (Å²) < 4.78 is 7.39. The topological polar surface area (TPSA) is 117 Å². The van der Waals surface area contributed by atoms with E-state index >= 15 is 0 Å². The van der Waals surface area contributed by atoms with E-state index in [-0.39, 0.29) is 30.1 Å². The molecule has 2 aromatic rings. The maximum absolute atomic E-state index is 13.1. The van der Waals surface area contributed by atoms with Crippen molar-refractivity contribution in [2.75, 3.05) is 26.2 Å². The van der Waals surface area contributed by atoms with E-state index in [9.17, 15) is 14.9 Å². The van der Waals surface area contributed by atoms with Crippen molar-refractivity contribution in [1.29, 1.82) is 0 Å². The molecule has 1 aromatic carbocycles. The summed E-state index contributed by atoms with van der Waals surface area (Å²) in [5.41, 5.74) is 7.19. The predicted octanol–water partition coefficient (Wildman–Crippen LogP) is 2.39. The molecule has 3 rings (SSSR count). The second-order valence-electron chi connectivity index (χ2n) is 6.87. The first-order chi connectivity index (χ1) is 13.5. The molecule has 0 bridgehead atoms. The highest BCUT2D eigenvalue weighted by Crippen LogP contribution is 2.26. The molecule has 0 radical (unpaired) electrons. The zero-order chi connectivity index (χ0) is 20.1. The van der Waals surface area contributed by atoms with Crippen molar-refractivity contribution < 1.29 is 14.5 Å². The first kappa shape index (κ1) is 22.8. The minimum atomic E-state index is -0.450. The number of nitro groups is 1. The Balaban J connectivity index is 0.00000300. The quantitative estimate of drug-likeness (QED) is 0.415. The Morgan fingerprint density at radius 3 is 2.55 bits per heavy atom. The number of aryl methyl sites for hydroxylation is 1. The van der Waals surface area contributed by atoms with E-state index in [0.717, 1.165) is 19.3 Å². The Morgan fingerprint density at radius 1 is 1.31 bits per heavy atom. The molecule has 0 saturated carbocycles. The number of likely N-dealkylation sites (tertiary alicyclic amines) is 1. The highest BCUT2D eigenvalue weighted by Gasteiger charge is 2.27. The summed E-state index contributed by atoms with van der Waals surface area (Å²) in [6.07, 6.45) is 4.29. The van der Waals surface area contributed by atoms with Gasteiger partial charge in [-0.3, -0.25) is 19.6 Å². The van der Waals surface area contributed by atoms with E-state index in [1.54, 1.807) is 30.1 Å². The fourth-order valence-corrected chi connectivity index (χ4v) is 3.33. The molecule has 1 aliphatic rings. The second kappa shape index (κ2) is 10.3. The van der Waals surface area contributed by atoms with Gasteiger partial charge in [-0.25, -0.2) is 0 Å². The average Bonchev–Trinajstić information content (AvgIpc) is 3.10. The van der Waals surface area contributed by atoms with Crippen LogP contribution in [0.2, 0.25) is 0 Å². The maximum atomic E-state index is 13.1. The van der Waals surface area contributed by atoms with Gasteiger partial charge in [0, 0.05) is 50.6 Å². The van der Waals surface area contributed by atoms with Crippen molar-refractivity contribution >= 4 is 24.0 Å². The van der Waals surface area contributed by atoms with Gasteiger partial charge in [-0.05, 0) is 37.9 Å². The summed E-state index contributed by atoms with van der Waals surface area (Å²) in [6.45, 7) is 2.52. The number of benzene rings is 1. The molecule has 1 aliphatic heterocycles. The van der Waals surface area contributed by atoms with Gasteiger partial charge in [-0.15, -0.1) is 12.4 Å². The molecule has 1 aromatic heterocycles. The summed E-state index contributed by atoms with van der Waals surface area (Å²) in [4.78, 5) is 25.3. The van der Waals surface area contributed by atoms with Crippen molar-refractivity contribution in [1.82, 2.24) is 14.7 Å².